The molecule has 0 saturated carbocycles. The molecule has 2 aliphatic rings. The summed E-state index contributed by atoms with van der Waals surface area (Å²) in [7, 11) is 0. The summed E-state index contributed by atoms with van der Waals surface area (Å²) in [6.07, 6.45) is 2.81. The molecule has 3 rings (SSSR count). The average molecular weight is 325 g/mol. The fraction of sp³-hybridized carbons (Fsp3) is 0.500. The van der Waals surface area contributed by atoms with Gasteiger partial charge in [-0.25, -0.2) is 0 Å². The van der Waals surface area contributed by atoms with E-state index in [1.807, 2.05) is 12.1 Å². The van der Waals surface area contributed by atoms with Gasteiger partial charge >= 0.3 is 0 Å². The van der Waals surface area contributed by atoms with Crippen LogP contribution in [0, 0.1) is 0 Å². The van der Waals surface area contributed by atoms with Gasteiger partial charge in [-0.2, -0.15) is 0 Å². The molecule has 2 aliphatic heterocycles. The first-order chi connectivity index (χ1) is 9.15. The first kappa shape index (κ1) is 12.9. The van der Waals surface area contributed by atoms with Crippen LogP contribution in [0.3, 0.4) is 0 Å². The predicted molar refractivity (Wildman–Crippen MR) is 78.5 cm³/mol. The van der Waals surface area contributed by atoms with Gasteiger partial charge in [-0.3, -0.25) is 4.79 Å². The molecule has 0 radical (unpaired) electrons. The van der Waals surface area contributed by atoms with E-state index in [2.05, 4.69) is 26.1 Å². The monoisotopic (exact) mass is 324 g/mol. The van der Waals surface area contributed by atoms with E-state index in [0.29, 0.717) is 6.42 Å². The van der Waals surface area contributed by atoms with Gasteiger partial charge in [-0.15, -0.1) is 0 Å². The maximum Gasteiger partial charge on any atom is 0.224 e. The Morgan fingerprint density at radius 2 is 2.00 bits per heavy atom. The van der Waals surface area contributed by atoms with Gasteiger partial charge in [0.2, 0.25) is 5.91 Å². The summed E-state index contributed by atoms with van der Waals surface area (Å²) in [6, 6.07) is 4.03. The number of anilines is 2. The van der Waals surface area contributed by atoms with Gasteiger partial charge in [-0.1, -0.05) is 0 Å². The number of hydrogen-bond donors (Lipinski definition) is 2. The van der Waals surface area contributed by atoms with Crippen molar-refractivity contribution in [2.75, 3.05) is 23.3 Å². The van der Waals surface area contributed by atoms with Crippen LogP contribution in [0.5, 0.6) is 0 Å². The molecule has 4 nitrogen and oxygen atoms in total. The zero-order valence-corrected chi connectivity index (χ0v) is 12.2. The summed E-state index contributed by atoms with van der Waals surface area (Å²) in [5, 5.41) is 12.5. The van der Waals surface area contributed by atoms with Crippen molar-refractivity contribution in [3.8, 4) is 0 Å². The molecule has 0 aliphatic carbocycles. The lowest BCUT2D eigenvalue weighted by molar-refractivity contribution is -0.116. The molecule has 0 spiro atoms. The lowest BCUT2D eigenvalue weighted by atomic mass is 10.0. The maximum atomic E-state index is 11.4. The van der Waals surface area contributed by atoms with Gasteiger partial charge in [0.05, 0.1) is 11.8 Å². The number of piperidine rings is 1. The topological polar surface area (TPSA) is 52.6 Å². The molecule has 2 heterocycles. The molecule has 1 saturated heterocycles. The Morgan fingerprint density at radius 1 is 1.26 bits per heavy atom. The maximum absolute atomic E-state index is 11.4. The first-order valence-electron chi connectivity index (χ1n) is 6.69. The minimum Gasteiger partial charge on any atom is -0.393 e. The number of nitrogens with one attached hydrogen (secondary N) is 1. The molecule has 0 bridgehead atoms. The highest BCUT2D eigenvalue weighted by molar-refractivity contribution is 9.10. The van der Waals surface area contributed by atoms with Crippen LogP contribution >= 0.6 is 15.9 Å². The smallest absolute Gasteiger partial charge is 0.224 e. The van der Waals surface area contributed by atoms with Crippen molar-refractivity contribution in [3.05, 3.63) is 22.2 Å². The van der Waals surface area contributed by atoms with E-state index in [1.165, 1.54) is 11.3 Å². The van der Waals surface area contributed by atoms with Gasteiger partial charge in [0.25, 0.3) is 0 Å². The fourth-order valence-corrected chi connectivity index (χ4v) is 3.57. The van der Waals surface area contributed by atoms with Gasteiger partial charge in [0.15, 0.2) is 0 Å². The quantitative estimate of drug-likeness (QED) is 0.833. The number of carbonyl (C=O) groups is 1. The third-order valence-electron chi connectivity index (χ3n) is 3.90. The highest BCUT2D eigenvalue weighted by atomic mass is 79.9. The number of aliphatic hydroxyl groups excluding tert-OH is 1. The fourth-order valence-electron chi connectivity index (χ4n) is 2.77. The Kier molecular flexibility index (Phi) is 3.50. The molecule has 19 heavy (non-hydrogen) atoms. The third kappa shape index (κ3) is 2.49. The van der Waals surface area contributed by atoms with Crippen LogP contribution in [0.15, 0.2) is 16.6 Å². The van der Waals surface area contributed by atoms with Crippen LogP contribution in [0.1, 0.15) is 24.8 Å². The van der Waals surface area contributed by atoms with E-state index < -0.39 is 0 Å². The van der Waals surface area contributed by atoms with Crippen LogP contribution in [0.2, 0.25) is 0 Å². The van der Waals surface area contributed by atoms with Crippen molar-refractivity contribution in [3.63, 3.8) is 0 Å². The molecular formula is C14H17BrN2O2. The van der Waals surface area contributed by atoms with Crippen molar-refractivity contribution >= 4 is 33.2 Å². The van der Waals surface area contributed by atoms with Crippen LogP contribution in [0.4, 0.5) is 11.4 Å². The van der Waals surface area contributed by atoms with Crippen LogP contribution in [-0.2, 0) is 11.2 Å². The van der Waals surface area contributed by atoms with Gasteiger partial charge in [0.1, 0.15) is 0 Å². The Morgan fingerprint density at radius 3 is 2.74 bits per heavy atom. The summed E-state index contributed by atoms with van der Waals surface area (Å²) in [5.74, 6) is 0.0910. The number of hydrogen-bond acceptors (Lipinski definition) is 3. The largest absolute Gasteiger partial charge is 0.393 e. The van der Waals surface area contributed by atoms with Crippen molar-refractivity contribution in [1.82, 2.24) is 0 Å². The molecule has 0 atom stereocenters. The Bertz CT molecular complexity index is 510. The lowest BCUT2D eigenvalue weighted by Gasteiger charge is -2.33. The SMILES string of the molecule is O=C1CCc2c(ccc(N3CCC(O)CC3)c2Br)N1. The number of aliphatic hydroxyl groups is 1. The number of rotatable bonds is 1. The second kappa shape index (κ2) is 5.13. The number of fused-ring (bicyclic) bond motifs is 1. The first-order valence-corrected chi connectivity index (χ1v) is 7.48. The summed E-state index contributed by atoms with van der Waals surface area (Å²) in [5.41, 5.74) is 3.27. The Labute approximate surface area is 120 Å². The lowest BCUT2D eigenvalue weighted by Crippen LogP contribution is -2.36. The van der Waals surface area contributed by atoms with Gasteiger partial charge in [0, 0.05) is 29.7 Å². The standard InChI is InChI=1S/C14H17BrN2O2/c15-14-10-1-4-13(19)16-11(10)2-3-12(14)17-7-5-9(18)6-8-17/h2-3,9,18H,1,4-8H2,(H,16,19). The minimum atomic E-state index is -0.160. The summed E-state index contributed by atoms with van der Waals surface area (Å²) >= 11 is 3.68. The number of amides is 1. The van der Waals surface area contributed by atoms with E-state index in [1.54, 1.807) is 0 Å². The van der Waals surface area contributed by atoms with Crippen molar-refractivity contribution in [1.29, 1.82) is 0 Å². The van der Waals surface area contributed by atoms with Crippen molar-refractivity contribution in [2.24, 2.45) is 0 Å². The zero-order chi connectivity index (χ0) is 13.4. The van der Waals surface area contributed by atoms with Crippen molar-refractivity contribution in [2.45, 2.75) is 31.8 Å². The summed E-state index contributed by atoms with van der Waals surface area (Å²) in [4.78, 5) is 13.7. The van der Waals surface area contributed by atoms with Crippen molar-refractivity contribution < 1.29 is 9.90 Å². The van der Waals surface area contributed by atoms with E-state index in [9.17, 15) is 9.90 Å². The highest BCUT2D eigenvalue weighted by Crippen LogP contribution is 2.38. The zero-order valence-electron chi connectivity index (χ0n) is 10.7. The van der Waals surface area contributed by atoms with Gasteiger partial charge < -0.3 is 15.3 Å². The van der Waals surface area contributed by atoms with E-state index >= 15 is 0 Å². The van der Waals surface area contributed by atoms with Gasteiger partial charge in [-0.05, 0) is 52.9 Å². The molecule has 5 heteroatoms. The van der Waals surface area contributed by atoms with Crippen LogP contribution in [0.25, 0.3) is 0 Å². The molecule has 1 aromatic carbocycles. The second-order valence-corrected chi connectivity index (χ2v) is 5.98. The Balaban J connectivity index is 1.89. The second-order valence-electron chi connectivity index (χ2n) is 5.19. The molecule has 102 valence electrons. The third-order valence-corrected chi connectivity index (χ3v) is 4.79. The van der Waals surface area contributed by atoms with Crippen LogP contribution < -0.4 is 10.2 Å². The predicted octanol–water partition coefficient (Wildman–Crippen LogP) is 2.29. The Hall–Kier alpha value is -1.07. The number of carbonyl (C=O) groups excluding carboxylic acids is 1. The number of benzene rings is 1. The average Bonchev–Trinajstić information content (AvgIpc) is 2.40. The molecule has 1 fully saturated rings. The summed E-state index contributed by atoms with van der Waals surface area (Å²) in [6.45, 7) is 1.76. The molecular weight excluding hydrogens is 308 g/mol. The number of nitrogens with zero attached hydrogens (tertiary/aromatic N) is 1. The van der Waals surface area contributed by atoms with E-state index in [-0.39, 0.29) is 12.0 Å². The summed E-state index contributed by atoms with van der Waals surface area (Å²) < 4.78 is 1.08. The minimum absolute atomic E-state index is 0.0910. The molecule has 1 aromatic rings. The molecule has 0 aromatic heterocycles. The normalized spacial score (nSPS) is 20.1. The van der Waals surface area contributed by atoms with E-state index in [4.69, 9.17) is 0 Å². The molecule has 0 unspecified atom stereocenters. The molecule has 2 N–H and O–H groups in total. The number of halogens is 1. The van der Waals surface area contributed by atoms with Crippen LogP contribution in [-0.4, -0.2) is 30.2 Å². The highest BCUT2D eigenvalue weighted by Gasteiger charge is 2.23. The van der Waals surface area contributed by atoms with E-state index in [0.717, 1.165) is 42.5 Å². The molecule has 1 amide bonds.